The molecule has 3 aromatic rings. The predicted molar refractivity (Wildman–Crippen MR) is 125 cm³/mol. The lowest BCUT2D eigenvalue weighted by atomic mass is 9.84. The van der Waals surface area contributed by atoms with Gasteiger partial charge in [0.1, 0.15) is 0 Å². The van der Waals surface area contributed by atoms with Gasteiger partial charge in [-0.3, -0.25) is 0 Å². The number of imidazole rings is 1. The summed E-state index contributed by atoms with van der Waals surface area (Å²) in [4.78, 5) is 16.5. The number of carboxylic acids is 1. The van der Waals surface area contributed by atoms with Gasteiger partial charge in [0.05, 0.1) is 17.3 Å². The molecule has 7 heteroatoms. The topological polar surface area (TPSA) is 78.9 Å². The Morgan fingerprint density at radius 1 is 1.23 bits per heavy atom. The van der Waals surface area contributed by atoms with Crippen molar-refractivity contribution in [1.82, 2.24) is 9.55 Å². The SMILES string of the molecule is Cc1ccc(Cl)cc1CC(c1ccc(C#N)cc1C)c1c(C(=O)O)nc(Br)n1C(C)C. The fourth-order valence-corrected chi connectivity index (χ4v) is 4.94. The molecule has 5 nitrogen and oxygen atoms in total. The first-order valence-corrected chi connectivity index (χ1v) is 11.1. The molecule has 1 unspecified atom stereocenters. The Kier molecular flexibility index (Phi) is 6.88. The van der Waals surface area contributed by atoms with Crippen LogP contribution in [0.1, 0.15) is 69.8 Å². The van der Waals surface area contributed by atoms with Crippen molar-refractivity contribution in [1.29, 1.82) is 5.26 Å². The van der Waals surface area contributed by atoms with Crippen LogP contribution in [0.2, 0.25) is 5.02 Å². The number of carbonyl (C=O) groups is 1. The van der Waals surface area contributed by atoms with Crippen LogP contribution in [-0.4, -0.2) is 20.6 Å². The maximum absolute atomic E-state index is 12.1. The maximum Gasteiger partial charge on any atom is 0.356 e. The first kappa shape index (κ1) is 23.1. The van der Waals surface area contributed by atoms with Crippen LogP contribution in [0.5, 0.6) is 0 Å². The van der Waals surface area contributed by atoms with Gasteiger partial charge < -0.3 is 9.67 Å². The zero-order chi connectivity index (χ0) is 22.9. The summed E-state index contributed by atoms with van der Waals surface area (Å²) in [5.41, 5.74) is 5.20. The van der Waals surface area contributed by atoms with Gasteiger partial charge in [-0.1, -0.05) is 23.7 Å². The summed E-state index contributed by atoms with van der Waals surface area (Å²) >= 11 is 9.73. The Morgan fingerprint density at radius 2 is 1.94 bits per heavy atom. The van der Waals surface area contributed by atoms with Crippen molar-refractivity contribution in [2.45, 2.75) is 46.1 Å². The summed E-state index contributed by atoms with van der Waals surface area (Å²) in [5.74, 6) is -1.37. The number of aryl methyl sites for hydroxylation is 2. The second-order valence-electron chi connectivity index (χ2n) is 7.89. The van der Waals surface area contributed by atoms with Gasteiger partial charge in [0.15, 0.2) is 10.4 Å². The molecule has 0 bridgehead atoms. The number of hydrogen-bond acceptors (Lipinski definition) is 3. The van der Waals surface area contributed by atoms with E-state index in [0.717, 1.165) is 22.3 Å². The van der Waals surface area contributed by atoms with E-state index in [1.165, 1.54) is 0 Å². The van der Waals surface area contributed by atoms with Gasteiger partial charge in [0, 0.05) is 17.0 Å². The molecule has 0 spiro atoms. The lowest BCUT2D eigenvalue weighted by Crippen LogP contribution is -2.18. The molecule has 0 aliphatic heterocycles. The predicted octanol–water partition coefficient (Wildman–Crippen LogP) is 6.44. The van der Waals surface area contributed by atoms with Crippen LogP contribution in [-0.2, 0) is 6.42 Å². The molecular formula is C24H23BrClN3O2. The third-order valence-corrected chi connectivity index (χ3v) is 6.26. The van der Waals surface area contributed by atoms with Gasteiger partial charge in [-0.2, -0.15) is 5.26 Å². The highest BCUT2D eigenvalue weighted by Gasteiger charge is 2.31. The zero-order valence-corrected chi connectivity index (χ0v) is 20.1. The molecule has 0 fully saturated rings. The highest BCUT2D eigenvalue weighted by atomic mass is 79.9. The van der Waals surface area contributed by atoms with Crippen LogP contribution in [0, 0.1) is 25.2 Å². The molecule has 0 aliphatic carbocycles. The summed E-state index contributed by atoms with van der Waals surface area (Å²) in [5, 5.41) is 19.9. The van der Waals surface area contributed by atoms with Gasteiger partial charge in [0.25, 0.3) is 0 Å². The summed E-state index contributed by atoms with van der Waals surface area (Å²) in [7, 11) is 0. The highest BCUT2D eigenvalue weighted by molar-refractivity contribution is 9.10. The van der Waals surface area contributed by atoms with E-state index in [1.807, 2.05) is 62.6 Å². The van der Waals surface area contributed by atoms with Crippen LogP contribution < -0.4 is 0 Å². The fourth-order valence-electron chi connectivity index (χ4n) is 3.97. The standard InChI is InChI=1S/C24H23BrClN3O2/c1-13(2)29-22(21(23(30)31)28-24(29)25)20(11-17-10-18(26)7-5-14(17)3)19-8-6-16(12-27)9-15(19)4/h5-10,13,20H,11H2,1-4H3,(H,30,31). The van der Waals surface area contributed by atoms with Gasteiger partial charge >= 0.3 is 5.97 Å². The minimum absolute atomic E-state index is 0.00776. The van der Waals surface area contributed by atoms with Crippen LogP contribution in [0.25, 0.3) is 0 Å². The average molecular weight is 501 g/mol. The number of rotatable bonds is 6. The van der Waals surface area contributed by atoms with Gasteiger partial charge in [-0.25, -0.2) is 9.78 Å². The molecule has 3 rings (SSSR count). The van der Waals surface area contributed by atoms with Crippen molar-refractivity contribution < 1.29 is 9.90 Å². The Labute approximate surface area is 195 Å². The summed E-state index contributed by atoms with van der Waals surface area (Å²) < 4.78 is 2.40. The molecule has 0 amide bonds. The normalized spacial score (nSPS) is 12.1. The molecule has 2 aromatic carbocycles. The molecule has 0 saturated carbocycles. The molecule has 0 radical (unpaired) electrons. The van der Waals surface area contributed by atoms with E-state index < -0.39 is 5.97 Å². The molecule has 160 valence electrons. The summed E-state index contributed by atoms with van der Waals surface area (Å²) in [6, 6.07) is 13.4. The Balaban J connectivity index is 2.31. The Morgan fingerprint density at radius 3 is 2.52 bits per heavy atom. The van der Waals surface area contributed by atoms with Gasteiger partial charge in [0.2, 0.25) is 0 Å². The molecule has 0 aliphatic rings. The minimum atomic E-state index is -1.07. The number of aromatic nitrogens is 2. The van der Waals surface area contributed by atoms with E-state index in [-0.39, 0.29) is 17.7 Å². The summed E-state index contributed by atoms with van der Waals surface area (Å²) in [6.45, 7) is 7.95. The van der Waals surface area contributed by atoms with Crippen LogP contribution in [0.4, 0.5) is 0 Å². The van der Waals surface area contributed by atoms with E-state index in [9.17, 15) is 15.2 Å². The smallest absolute Gasteiger partial charge is 0.356 e. The zero-order valence-electron chi connectivity index (χ0n) is 17.8. The number of aromatic carboxylic acids is 1. The fraction of sp³-hybridized carbons (Fsp3) is 0.292. The average Bonchev–Trinajstić information content (AvgIpc) is 3.06. The van der Waals surface area contributed by atoms with Gasteiger partial charge in [-0.05, 0) is 96.6 Å². The van der Waals surface area contributed by atoms with Crippen molar-refractivity contribution in [2.24, 2.45) is 0 Å². The lowest BCUT2D eigenvalue weighted by molar-refractivity contribution is 0.0689. The lowest BCUT2D eigenvalue weighted by Gasteiger charge is -2.25. The van der Waals surface area contributed by atoms with Crippen molar-refractivity contribution >= 4 is 33.5 Å². The maximum atomic E-state index is 12.1. The van der Waals surface area contributed by atoms with Crippen LogP contribution >= 0.6 is 27.5 Å². The van der Waals surface area contributed by atoms with E-state index in [4.69, 9.17) is 11.6 Å². The largest absolute Gasteiger partial charge is 0.476 e. The van der Waals surface area contributed by atoms with Crippen molar-refractivity contribution in [3.05, 3.63) is 85.4 Å². The van der Waals surface area contributed by atoms with Crippen LogP contribution in [0.3, 0.4) is 0 Å². The number of halogens is 2. The molecule has 1 aromatic heterocycles. The third-order valence-electron chi connectivity index (χ3n) is 5.46. The van der Waals surface area contributed by atoms with Crippen molar-refractivity contribution in [3.8, 4) is 6.07 Å². The number of nitriles is 1. The molecule has 0 saturated heterocycles. The van der Waals surface area contributed by atoms with E-state index in [2.05, 4.69) is 27.0 Å². The van der Waals surface area contributed by atoms with E-state index >= 15 is 0 Å². The van der Waals surface area contributed by atoms with E-state index in [1.54, 1.807) is 6.07 Å². The number of benzene rings is 2. The molecule has 1 atom stereocenters. The molecule has 31 heavy (non-hydrogen) atoms. The second kappa shape index (κ2) is 9.25. The highest BCUT2D eigenvalue weighted by Crippen LogP contribution is 2.37. The van der Waals surface area contributed by atoms with E-state index in [0.29, 0.717) is 27.4 Å². The van der Waals surface area contributed by atoms with Crippen molar-refractivity contribution in [3.63, 3.8) is 0 Å². The first-order chi connectivity index (χ1) is 14.6. The number of carboxylic acid groups (broad SMARTS) is 1. The van der Waals surface area contributed by atoms with Gasteiger partial charge in [-0.15, -0.1) is 0 Å². The first-order valence-electron chi connectivity index (χ1n) is 9.90. The second-order valence-corrected chi connectivity index (χ2v) is 9.04. The quantitative estimate of drug-likeness (QED) is 0.422. The molecule has 1 N–H and O–H groups in total. The monoisotopic (exact) mass is 499 g/mol. The molecular weight excluding hydrogens is 478 g/mol. The van der Waals surface area contributed by atoms with Crippen LogP contribution in [0.15, 0.2) is 41.1 Å². The molecule has 1 heterocycles. The Hall–Kier alpha value is -2.62. The minimum Gasteiger partial charge on any atom is -0.476 e. The number of nitrogens with zero attached hydrogens (tertiary/aromatic N) is 3. The third kappa shape index (κ3) is 4.68. The van der Waals surface area contributed by atoms with Crippen molar-refractivity contribution in [2.75, 3.05) is 0 Å². The number of hydrogen-bond donors (Lipinski definition) is 1. The summed E-state index contributed by atoms with van der Waals surface area (Å²) in [6.07, 6.45) is 0.546. The Bertz CT molecular complexity index is 1190.